The number of hydrogen-bond donors (Lipinski definition) is 3. The van der Waals surface area contributed by atoms with Gasteiger partial charge in [0.15, 0.2) is 11.5 Å². The average Bonchev–Trinajstić information content (AvgIpc) is 3.25. The molecular weight excluding hydrogens is 372 g/mol. The number of benzene rings is 2. The fourth-order valence-electron chi connectivity index (χ4n) is 2.96. The summed E-state index contributed by atoms with van der Waals surface area (Å²) in [6.07, 6.45) is 9.08. The van der Waals surface area contributed by atoms with E-state index < -0.39 is 11.9 Å². The predicted molar refractivity (Wildman–Crippen MR) is 109 cm³/mol. The lowest BCUT2D eigenvalue weighted by atomic mass is 10.1. The molecule has 7 heteroatoms. The molecule has 2 aromatic carbocycles. The number of para-hydroxylation sites is 1. The molecule has 0 aromatic heterocycles. The zero-order chi connectivity index (χ0) is 20.6. The number of rotatable bonds is 7. The zero-order valence-corrected chi connectivity index (χ0v) is 15.7. The maximum Gasteiger partial charge on any atom is 0.358 e. The predicted octanol–water partition coefficient (Wildman–Crippen LogP) is 3.42. The van der Waals surface area contributed by atoms with Crippen LogP contribution in [0.4, 0.5) is 5.69 Å². The van der Waals surface area contributed by atoms with Crippen molar-refractivity contribution in [3.8, 4) is 11.5 Å². The number of nitrogens with two attached hydrogens (primary N) is 1. The van der Waals surface area contributed by atoms with Crippen LogP contribution in [0.15, 0.2) is 60.7 Å². The Morgan fingerprint density at radius 3 is 2.66 bits per heavy atom. The SMILES string of the molecule is NOC(=O)c1ccccc1NC(=O)/C=C/c1ccc(OCC2CC=CC2)c(O)c1. The van der Waals surface area contributed by atoms with Crippen LogP contribution in [0.25, 0.3) is 6.08 Å². The van der Waals surface area contributed by atoms with Crippen molar-refractivity contribution in [2.75, 3.05) is 11.9 Å². The molecule has 0 saturated carbocycles. The first-order chi connectivity index (χ1) is 14.1. The van der Waals surface area contributed by atoms with E-state index in [1.165, 1.54) is 18.2 Å². The van der Waals surface area contributed by atoms with Gasteiger partial charge in [-0.3, -0.25) is 4.79 Å². The van der Waals surface area contributed by atoms with E-state index in [-0.39, 0.29) is 17.0 Å². The molecule has 2 aromatic rings. The summed E-state index contributed by atoms with van der Waals surface area (Å²) in [6.45, 7) is 0.544. The van der Waals surface area contributed by atoms with E-state index in [1.54, 1.807) is 36.4 Å². The normalized spacial score (nSPS) is 13.6. The third-order valence-corrected chi connectivity index (χ3v) is 4.50. The Hall–Kier alpha value is -3.58. The van der Waals surface area contributed by atoms with Crippen LogP contribution in [0.3, 0.4) is 0 Å². The van der Waals surface area contributed by atoms with Gasteiger partial charge in [-0.25, -0.2) is 4.79 Å². The van der Waals surface area contributed by atoms with Gasteiger partial charge < -0.3 is 20.0 Å². The molecule has 4 N–H and O–H groups in total. The Bertz CT molecular complexity index is 944. The van der Waals surface area contributed by atoms with Gasteiger partial charge in [0, 0.05) is 6.08 Å². The highest BCUT2D eigenvalue weighted by atomic mass is 16.7. The molecule has 0 radical (unpaired) electrons. The summed E-state index contributed by atoms with van der Waals surface area (Å²) in [7, 11) is 0. The van der Waals surface area contributed by atoms with Gasteiger partial charge in [-0.15, -0.1) is 0 Å². The molecule has 0 fully saturated rings. The van der Waals surface area contributed by atoms with Gasteiger partial charge in [-0.05, 0) is 54.7 Å². The van der Waals surface area contributed by atoms with Gasteiger partial charge >= 0.3 is 5.97 Å². The van der Waals surface area contributed by atoms with Crippen LogP contribution in [-0.4, -0.2) is 23.6 Å². The summed E-state index contributed by atoms with van der Waals surface area (Å²) < 4.78 is 5.68. The molecule has 0 saturated heterocycles. The molecule has 0 unspecified atom stereocenters. The minimum Gasteiger partial charge on any atom is -0.504 e. The summed E-state index contributed by atoms with van der Waals surface area (Å²) in [5.74, 6) is 4.57. The van der Waals surface area contributed by atoms with Gasteiger partial charge in [0.25, 0.3) is 0 Å². The Morgan fingerprint density at radius 2 is 1.93 bits per heavy atom. The number of phenols is 1. The Morgan fingerprint density at radius 1 is 1.17 bits per heavy atom. The van der Waals surface area contributed by atoms with Crippen LogP contribution in [0.1, 0.15) is 28.8 Å². The van der Waals surface area contributed by atoms with Crippen molar-refractivity contribution in [2.24, 2.45) is 11.8 Å². The number of anilines is 1. The quantitative estimate of drug-likeness (QED) is 0.377. The minimum absolute atomic E-state index is 0.00884. The van der Waals surface area contributed by atoms with Gasteiger partial charge in [0.05, 0.1) is 17.9 Å². The van der Waals surface area contributed by atoms with E-state index in [9.17, 15) is 14.7 Å². The van der Waals surface area contributed by atoms with Gasteiger partial charge in [0.2, 0.25) is 5.91 Å². The molecule has 1 aliphatic carbocycles. The minimum atomic E-state index is -0.751. The third kappa shape index (κ3) is 5.46. The molecule has 0 aliphatic heterocycles. The molecule has 1 aliphatic rings. The monoisotopic (exact) mass is 394 g/mol. The molecule has 0 atom stereocenters. The van der Waals surface area contributed by atoms with Crippen molar-refractivity contribution in [1.82, 2.24) is 0 Å². The second-order valence-corrected chi connectivity index (χ2v) is 6.62. The first kappa shape index (κ1) is 20.2. The van der Waals surface area contributed by atoms with E-state index in [0.717, 1.165) is 12.8 Å². The number of ether oxygens (including phenoxy) is 1. The van der Waals surface area contributed by atoms with Gasteiger partial charge in [-0.1, -0.05) is 30.4 Å². The molecule has 150 valence electrons. The number of carbonyl (C=O) groups excluding carboxylic acids is 2. The number of allylic oxidation sites excluding steroid dienone is 2. The second kappa shape index (κ2) is 9.57. The lowest BCUT2D eigenvalue weighted by Crippen LogP contribution is -2.15. The third-order valence-electron chi connectivity index (χ3n) is 4.50. The summed E-state index contributed by atoms with van der Waals surface area (Å²) in [6, 6.07) is 11.3. The number of aromatic hydroxyl groups is 1. The van der Waals surface area contributed by atoms with E-state index in [1.807, 2.05) is 0 Å². The van der Waals surface area contributed by atoms with Crippen LogP contribution < -0.4 is 16.0 Å². The van der Waals surface area contributed by atoms with Crippen molar-refractivity contribution < 1.29 is 24.3 Å². The second-order valence-electron chi connectivity index (χ2n) is 6.62. The van der Waals surface area contributed by atoms with Crippen molar-refractivity contribution in [1.29, 1.82) is 0 Å². The lowest BCUT2D eigenvalue weighted by Gasteiger charge is -2.12. The molecule has 0 spiro atoms. The maximum atomic E-state index is 12.2. The Balaban J connectivity index is 1.60. The highest BCUT2D eigenvalue weighted by molar-refractivity contribution is 6.06. The van der Waals surface area contributed by atoms with Crippen molar-refractivity contribution in [3.63, 3.8) is 0 Å². The largest absolute Gasteiger partial charge is 0.504 e. The van der Waals surface area contributed by atoms with Crippen molar-refractivity contribution >= 4 is 23.6 Å². The lowest BCUT2D eigenvalue weighted by molar-refractivity contribution is -0.111. The van der Waals surface area contributed by atoms with Crippen molar-refractivity contribution in [2.45, 2.75) is 12.8 Å². The molecule has 3 rings (SSSR count). The molecule has 0 bridgehead atoms. The maximum absolute atomic E-state index is 12.2. The molecular formula is C22H22N2O5. The van der Waals surface area contributed by atoms with E-state index >= 15 is 0 Å². The molecule has 7 nitrogen and oxygen atoms in total. The van der Waals surface area contributed by atoms with E-state index in [2.05, 4.69) is 22.3 Å². The van der Waals surface area contributed by atoms with Crippen LogP contribution in [0.2, 0.25) is 0 Å². The summed E-state index contributed by atoms with van der Waals surface area (Å²) >= 11 is 0. The average molecular weight is 394 g/mol. The van der Waals surface area contributed by atoms with Crippen LogP contribution in [-0.2, 0) is 9.63 Å². The number of carbonyl (C=O) groups is 2. The summed E-state index contributed by atoms with van der Waals surface area (Å²) in [5.41, 5.74) is 1.06. The van der Waals surface area contributed by atoms with Crippen molar-refractivity contribution in [3.05, 3.63) is 71.8 Å². The summed E-state index contributed by atoms with van der Waals surface area (Å²) in [4.78, 5) is 28.0. The highest BCUT2D eigenvalue weighted by Crippen LogP contribution is 2.29. The first-order valence-electron chi connectivity index (χ1n) is 9.17. The molecule has 0 heterocycles. The fourth-order valence-corrected chi connectivity index (χ4v) is 2.96. The van der Waals surface area contributed by atoms with E-state index in [0.29, 0.717) is 23.8 Å². The van der Waals surface area contributed by atoms with Gasteiger partial charge in [0.1, 0.15) is 0 Å². The number of hydrogen-bond acceptors (Lipinski definition) is 6. The fraction of sp³-hybridized carbons (Fsp3) is 0.182. The number of amides is 1. The summed E-state index contributed by atoms with van der Waals surface area (Å²) in [5, 5.41) is 12.8. The van der Waals surface area contributed by atoms with E-state index in [4.69, 9.17) is 10.6 Å². The smallest absolute Gasteiger partial charge is 0.358 e. The number of phenolic OH excluding ortho intramolecular Hbond substituents is 1. The molecule has 29 heavy (non-hydrogen) atoms. The van der Waals surface area contributed by atoms with Crippen LogP contribution in [0.5, 0.6) is 11.5 Å². The van der Waals surface area contributed by atoms with Crippen LogP contribution in [0, 0.1) is 5.92 Å². The highest BCUT2D eigenvalue weighted by Gasteiger charge is 2.13. The first-order valence-corrected chi connectivity index (χ1v) is 9.17. The standard InChI is InChI=1S/C22H22N2O5/c23-29-22(27)17-7-3-4-8-18(17)24-21(26)12-10-15-9-11-20(19(25)13-15)28-14-16-5-1-2-6-16/h1-4,7-13,16,25H,5-6,14,23H2,(H,24,26)/b12-10+. The van der Waals surface area contributed by atoms with Crippen LogP contribution >= 0.6 is 0 Å². The number of nitrogens with one attached hydrogen (secondary N) is 1. The molecule has 1 amide bonds. The Kier molecular flexibility index (Phi) is 6.65. The zero-order valence-electron chi connectivity index (χ0n) is 15.7. The Labute approximate surface area is 168 Å². The van der Waals surface area contributed by atoms with Gasteiger partial charge in [-0.2, -0.15) is 5.90 Å². The topological polar surface area (TPSA) is 111 Å².